The SMILES string of the molecule is c1nc(NC2CC3CCC2C3)c2ccsc2n1. The van der Waals surface area contributed by atoms with Crippen LogP contribution >= 0.6 is 11.3 Å². The third-order valence-electron chi connectivity index (χ3n) is 4.32. The molecule has 2 aliphatic rings. The van der Waals surface area contributed by atoms with E-state index in [4.69, 9.17) is 0 Å². The zero-order valence-electron chi connectivity index (χ0n) is 9.60. The van der Waals surface area contributed by atoms with Crippen molar-refractivity contribution in [2.24, 2.45) is 11.8 Å². The molecule has 2 aliphatic carbocycles. The first-order valence-electron chi connectivity index (χ1n) is 6.35. The van der Waals surface area contributed by atoms with Crippen LogP contribution in [0.25, 0.3) is 10.2 Å². The van der Waals surface area contributed by atoms with Gasteiger partial charge in [-0.3, -0.25) is 0 Å². The fourth-order valence-electron chi connectivity index (χ4n) is 3.50. The quantitative estimate of drug-likeness (QED) is 0.882. The Balaban J connectivity index is 1.65. The van der Waals surface area contributed by atoms with Crippen LogP contribution in [0.2, 0.25) is 0 Å². The van der Waals surface area contributed by atoms with E-state index in [0.29, 0.717) is 6.04 Å². The van der Waals surface area contributed by atoms with Crippen molar-refractivity contribution in [2.75, 3.05) is 5.32 Å². The highest BCUT2D eigenvalue weighted by Gasteiger charge is 2.39. The molecule has 0 radical (unpaired) electrons. The minimum absolute atomic E-state index is 0.645. The minimum Gasteiger partial charge on any atom is -0.366 e. The zero-order valence-corrected chi connectivity index (χ0v) is 10.4. The van der Waals surface area contributed by atoms with E-state index < -0.39 is 0 Å². The summed E-state index contributed by atoms with van der Waals surface area (Å²) in [5.41, 5.74) is 0. The first kappa shape index (κ1) is 9.83. The van der Waals surface area contributed by atoms with Crippen molar-refractivity contribution in [3.63, 3.8) is 0 Å². The van der Waals surface area contributed by atoms with Crippen molar-refractivity contribution in [3.8, 4) is 0 Å². The van der Waals surface area contributed by atoms with Crippen molar-refractivity contribution >= 4 is 27.4 Å². The number of thiophene rings is 1. The molecular weight excluding hydrogens is 230 g/mol. The molecule has 2 fully saturated rings. The van der Waals surface area contributed by atoms with Crippen LogP contribution in [0.15, 0.2) is 17.8 Å². The van der Waals surface area contributed by atoms with E-state index in [2.05, 4.69) is 26.7 Å². The van der Waals surface area contributed by atoms with Crippen LogP contribution in [0, 0.1) is 11.8 Å². The highest BCUT2D eigenvalue weighted by atomic mass is 32.1. The number of anilines is 1. The lowest BCUT2D eigenvalue weighted by Crippen LogP contribution is -2.26. The van der Waals surface area contributed by atoms with Crippen molar-refractivity contribution in [2.45, 2.75) is 31.7 Å². The van der Waals surface area contributed by atoms with Gasteiger partial charge >= 0.3 is 0 Å². The number of hydrogen-bond acceptors (Lipinski definition) is 4. The lowest BCUT2D eigenvalue weighted by Gasteiger charge is -2.23. The zero-order chi connectivity index (χ0) is 11.2. The number of hydrogen-bond donors (Lipinski definition) is 1. The Morgan fingerprint density at radius 1 is 1.24 bits per heavy atom. The van der Waals surface area contributed by atoms with E-state index >= 15 is 0 Å². The van der Waals surface area contributed by atoms with Gasteiger partial charge in [-0.25, -0.2) is 9.97 Å². The summed E-state index contributed by atoms with van der Waals surface area (Å²) in [6.07, 6.45) is 7.28. The van der Waals surface area contributed by atoms with Gasteiger partial charge in [0.1, 0.15) is 17.0 Å². The van der Waals surface area contributed by atoms with Crippen LogP contribution in [0.1, 0.15) is 25.7 Å². The summed E-state index contributed by atoms with van der Waals surface area (Å²) >= 11 is 1.68. The molecule has 3 nitrogen and oxygen atoms in total. The summed E-state index contributed by atoms with van der Waals surface area (Å²) in [4.78, 5) is 9.79. The fraction of sp³-hybridized carbons (Fsp3) is 0.538. The molecular formula is C13H15N3S. The predicted octanol–water partition coefficient (Wildman–Crippen LogP) is 3.29. The molecule has 88 valence electrons. The Kier molecular flexibility index (Phi) is 2.12. The second kappa shape index (κ2) is 3.67. The summed E-state index contributed by atoms with van der Waals surface area (Å²) in [5, 5.41) is 6.93. The Labute approximate surface area is 104 Å². The van der Waals surface area contributed by atoms with Crippen molar-refractivity contribution in [3.05, 3.63) is 17.8 Å². The van der Waals surface area contributed by atoms with E-state index in [9.17, 15) is 0 Å². The van der Waals surface area contributed by atoms with Gasteiger partial charge in [0.2, 0.25) is 0 Å². The van der Waals surface area contributed by atoms with E-state index in [1.54, 1.807) is 17.7 Å². The Morgan fingerprint density at radius 2 is 2.24 bits per heavy atom. The molecule has 2 bridgehead atoms. The van der Waals surface area contributed by atoms with Crippen molar-refractivity contribution in [1.29, 1.82) is 0 Å². The van der Waals surface area contributed by atoms with Gasteiger partial charge in [-0.05, 0) is 42.5 Å². The van der Waals surface area contributed by atoms with Gasteiger partial charge in [-0.15, -0.1) is 11.3 Å². The van der Waals surface area contributed by atoms with Crippen LogP contribution in [0.4, 0.5) is 5.82 Å². The highest BCUT2D eigenvalue weighted by Crippen LogP contribution is 2.45. The largest absolute Gasteiger partial charge is 0.366 e. The third-order valence-corrected chi connectivity index (χ3v) is 5.14. The standard InChI is InChI=1S/C13H15N3S/c1-2-9-5-8(1)6-11(9)16-12-10-3-4-17-13(10)15-7-14-12/h3-4,7-9,11H,1-2,5-6H2,(H,14,15,16). The van der Waals surface area contributed by atoms with E-state index in [-0.39, 0.29) is 0 Å². The maximum absolute atomic E-state index is 4.41. The first-order valence-corrected chi connectivity index (χ1v) is 7.23. The van der Waals surface area contributed by atoms with E-state index in [1.165, 1.54) is 31.1 Å². The van der Waals surface area contributed by atoms with Gasteiger partial charge in [-0.2, -0.15) is 0 Å². The summed E-state index contributed by atoms with van der Waals surface area (Å²) in [6.45, 7) is 0. The monoisotopic (exact) mass is 245 g/mol. The molecule has 2 aromatic rings. The van der Waals surface area contributed by atoms with Gasteiger partial charge in [0.05, 0.1) is 5.39 Å². The van der Waals surface area contributed by atoms with Crippen LogP contribution in [-0.2, 0) is 0 Å². The summed E-state index contributed by atoms with van der Waals surface area (Å²) in [6, 6.07) is 2.77. The summed E-state index contributed by atoms with van der Waals surface area (Å²) in [7, 11) is 0. The average Bonchev–Trinajstić information content (AvgIpc) is 3.04. The van der Waals surface area contributed by atoms with Crippen LogP contribution in [0.5, 0.6) is 0 Å². The first-order chi connectivity index (χ1) is 8.40. The highest BCUT2D eigenvalue weighted by molar-refractivity contribution is 7.16. The third kappa shape index (κ3) is 1.54. The van der Waals surface area contributed by atoms with E-state index in [0.717, 1.165) is 22.5 Å². The van der Waals surface area contributed by atoms with Crippen LogP contribution in [0.3, 0.4) is 0 Å². The van der Waals surface area contributed by atoms with Gasteiger partial charge in [-0.1, -0.05) is 6.42 Å². The maximum atomic E-state index is 4.41. The molecule has 3 unspecified atom stereocenters. The normalized spacial score (nSPS) is 31.2. The van der Waals surface area contributed by atoms with Gasteiger partial charge in [0.25, 0.3) is 0 Å². The Morgan fingerprint density at radius 3 is 3.06 bits per heavy atom. The molecule has 4 heteroatoms. The topological polar surface area (TPSA) is 37.8 Å². The van der Waals surface area contributed by atoms with Gasteiger partial charge in [0.15, 0.2) is 0 Å². The lowest BCUT2D eigenvalue weighted by atomic mass is 9.95. The molecule has 0 amide bonds. The van der Waals surface area contributed by atoms with Crippen LogP contribution in [-0.4, -0.2) is 16.0 Å². The molecule has 0 aliphatic heterocycles. The number of nitrogens with zero attached hydrogens (tertiary/aromatic N) is 2. The molecule has 1 N–H and O–H groups in total. The maximum Gasteiger partial charge on any atom is 0.138 e. The number of fused-ring (bicyclic) bond motifs is 3. The minimum atomic E-state index is 0.645. The van der Waals surface area contributed by atoms with Crippen molar-refractivity contribution < 1.29 is 0 Å². The fourth-order valence-corrected chi connectivity index (χ4v) is 4.23. The van der Waals surface area contributed by atoms with Gasteiger partial charge in [0, 0.05) is 6.04 Å². The second-order valence-electron chi connectivity index (χ2n) is 5.29. The Hall–Kier alpha value is -1.16. The molecule has 4 rings (SSSR count). The van der Waals surface area contributed by atoms with E-state index in [1.807, 2.05) is 0 Å². The molecule has 0 spiro atoms. The smallest absolute Gasteiger partial charge is 0.138 e. The number of rotatable bonds is 2. The average molecular weight is 245 g/mol. The second-order valence-corrected chi connectivity index (χ2v) is 6.18. The van der Waals surface area contributed by atoms with Crippen molar-refractivity contribution in [1.82, 2.24) is 9.97 Å². The molecule has 2 saturated carbocycles. The molecule has 0 aromatic carbocycles. The molecule has 2 aromatic heterocycles. The number of aromatic nitrogens is 2. The molecule has 2 heterocycles. The van der Waals surface area contributed by atoms with Gasteiger partial charge < -0.3 is 5.32 Å². The predicted molar refractivity (Wildman–Crippen MR) is 70.3 cm³/mol. The summed E-state index contributed by atoms with van der Waals surface area (Å²) in [5.74, 6) is 2.88. The molecule has 17 heavy (non-hydrogen) atoms. The summed E-state index contributed by atoms with van der Waals surface area (Å²) < 4.78 is 0. The number of nitrogens with one attached hydrogen (secondary N) is 1. The molecule has 3 atom stereocenters. The Bertz CT molecular complexity index is 550. The van der Waals surface area contributed by atoms with Crippen LogP contribution < -0.4 is 5.32 Å². The lowest BCUT2D eigenvalue weighted by molar-refractivity contribution is 0.439. The molecule has 0 saturated heterocycles.